The Hall–Kier alpha value is -3.94. The van der Waals surface area contributed by atoms with Gasteiger partial charge in [-0.2, -0.15) is 0 Å². The third-order valence-corrected chi connectivity index (χ3v) is 4.41. The van der Waals surface area contributed by atoms with Gasteiger partial charge in [-0.15, -0.1) is 0 Å². The Balaban J connectivity index is 1.61. The molecular formula is C27H18O. The van der Waals surface area contributed by atoms with Crippen LogP contribution >= 0.6 is 0 Å². The smallest absolute Gasteiger partial charge is 0.118 e. The Bertz CT molecular complexity index is 1230. The standard InChI is InChI=1S/C27H18O/c1-28-27-17-13-22(14-18-27)8-10-24-12-16-25-15-11-23(19-26(25)20-24)9-7-21-5-3-2-4-6-21/h2-6,11-20H,1H3. The van der Waals surface area contributed by atoms with Crippen LogP contribution in [-0.4, -0.2) is 7.11 Å². The topological polar surface area (TPSA) is 9.23 Å². The van der Waals surface area contributed by atoms with E-state index in [-0.39, 0.29) is 0 Å². The van der Waals surface area contributed by atoms with E-state index in [1.807, 2.05) is 60.7 Å². The Labute approximate surface area is 165 Å². The Morgan fingerprint density at radius 3 is 1.57 bits per heavy atom. The molecule has 4 aromatic rings. The lowest BCUT2D eigenvalue weighted by molar-refractivity contribution is 0.415. The molecule has 0 amide bonds. The van der Waals surface area contributed by atoms with Crippen molar-refractivity contribution < 1.29 is 4.74 Å². The second-order valence-corrected chi connectivity index (χ2v) is 6.37. The first-order valence-corrected chi connectivity index (χ1v) is 9.07. The Kier molecular flexibility index (Phi) is 5.10. The van der Waals surface area contributed by atoms with Gasteiger partial charge in [-0.1, -0.05) is 54.0 Å². The van der Waals surface area contributed by atoms with Crippen molar-refractivity contribution in [3.63, 3.8) is 0 Å². The number of hydrogen-bond acceptors (Lipinski definition) is 1. The zero-order valence-corrected chi connectivity index (χ0v) is 15.6. The van der Waals surface area contributed by atoms with Gasteiger partial charge in [0.2, 0.25) is 0 Å². The lowest BCUT2D eigenvalue weighted by atomic mass is 10.0. The zero-order chi connectivity index (χ0) is 19.2. The molecule has 4 aromatic carbocycles. The van der Waals surface area contributed by atoms with Gasteiger partial charge < -0.3 is 4.74 Å². The van der Waals surface area contributed by atoms with E-state index >= 15 is 0 Å². The van der Waals surface area contributed by atoms with Crippen molar-refractivity contribution in [1.29, 1.82) is 0 Å². The van der Waals surface area contributed by atoms with Gasteiger partial charge in [0.1, 0.15) is 5.75 Å². The highest BCUT2D eigenvalue weighted by molar-refractivity contribution is 5.85. The molecule has 0 spiro atoms. The van der Waals surface area contributed by atoms with Crippen LogP contribution in [0.1, 0.15) is 22.3 Å². The average Bonchev–Trinajstić information content (AvgIpc) is 2.77. The second-order valence-electron chi connectivity index (χ2n) is 6.37. The number of ether oxygens (including phenoxy) is 1. The van der Waals surface area contributed by atoms with Crippen molar-refractivity contribution in [3.8, 4) is 29.4 Å². The lowest BCUT2D eigenvalue weighted by Crippen LogP contribution is -1.82. The molecule has 0 aliphatic carbocycles. The van der Waals surface area contributed by atoms with Crippen LogP contribution in [0.4, 0.5) is 0 Å². The summed E-state index contributed by atoms with van der Waals surface area (Å²) in [4.78, 5) is 0. The Morgan fingerprint density at radius 1 is 0.500 bits per heavy atom. The van der Waals surface area contributed by atoms with Gasteiger partial charge in [0.05, 0.1) is 7.11 Å². The number of fused-ring (bicyclic) bond motifs is 1. The largest absolute Gasteiger partial charge is 0.497 e. The van der Waals surface area contributed by atoms with E-state index in [0.717, 1.165) is 33.4 Å². The molecule has 0 bridgehead atoms. The van der Waals surface area contributed by atoms with Crippen LogP contribution in [-0.2, 0) is 0 Å². The molecule has 28 heavy (non-hydrogen) atoms. The van der Waals surface area contributed by atoms with Crippen molar-refractivity contribution in [3.05, 3.63) is 113 Å². The second kappa shape index (κ2) is 8.17. The first-order valence-electron chi connectivity index (χ1n) is 9.07. The predicted molar refractivity (Wildman–Crippen MR) is 115 cm³/mol. The summed E-state index contributed by atoms with van der Waals surface area (Å²) in [5.74, 6) is 13.7. The van der Waals surface area contributed by atoms with Gasteiger partial charge in [-0.25, -0.2) is 0 Å². The third-order valence-electron chi connectivity index (χ3n) is 4.41. The predicted octanol–water partition coefficient (Wildman–Crippen LogP) is 5.65. The first-order chi connectivity index (χ1) is 13.8. The van der Waals surface area contributed by atoms with Crippen LogP contribution in [0, 0.1) is 23.7 Å². The Morgan fingerprint density at radius 2 is 1.00 bits per heavy atom. The van der Waals surface area contributed by atoms with E-state index in [1.54, 1.807) is 7.11 Å². The van der Waals surface area contributed by atoms with E-state index in [1.165, 1.54) is 5.39 Å². The summed E-state index contributed by atoms with van der Waals surface area (Å²) in [6.07, 6.45) is 0. The van der Waals surface area contributed by atoms with Crippen LogP contribution in [0.15, 0.2) is 91.0 Å². The molecule has 0 fully saturated rings. The molecular weight excluding hydrogens is 340 g/mol. The quantitative estimate of drug-likeness (QED) is 0.400. The van der Waals surface area contributed by atoms with Gasteiger partial charge in [-0.3, -0.25) is 0 Å². The van der Waals surface area contributed by atoms with E-state index < -0.39 is 0 Å². The van der Waals surface area contributed by atoms with Gasteiger partial charge in [0, 0.05) is 22.3 Å². The van der Waals surface area contributed by atoms with Gasteiger partial charge in [-0.05, 0) is 71.4 Å². The monoisotopic (exact) mass is 358 g/mol. The molecule has 0 unspecified atom stereocenters. The van der Waals surface area contributed by atoms with E-state index in [2.05, 4.69) is 54.0 Å². The number of hydrogen-bond donors (Lipinski definition) is 0. The minimum absolute atomic E-state index is 0.834. The van der Waals surface area contributed by atoms with Crippen molar-refractivity contribution in [2.45, 2.75) is 0 Å². The molecule has 0 radical (unpaired) electrons. The summed E-state index contributed by atoms with van der Waals surface area (Å²) in [7, 11) is 1.66. The van der Waals surface area contributed by atoms with Gasteiger partial charge in [0.25, 0.3) is 0 Å². The van der Waals surface area contributed by atoms with Crippen molar-refractivity contribution in [2.24, 2.45) is 0 Å². The van der Waals surface area contributed by atoms with E-state index in [0.29, 0.717) is 0 Å². The van der Waals surface area contributed by atoms with Gasteiger partial charge in [0.15, 0.2) is 0 Å². The number of rotatable bonds is 1. The molecule has 132 valence electrons. The SMILES string of the molecule is COc1ccc(C#Cc2ccc3ccc(C#Cc4ccccc4)cc3c2)cc1. The summed E-state index contributed by atoms with van der Waals surface area (Å²) >= 11 is 0. The number of benzene rings is 4. The van der Waals surface area contributed by atoms with Crippen LogP contribution in [0.3, 0.4) is 0 Å². The molecule has 0 atom stereocenters. The first kappa shape index (κ1) is 17.5. The average molecular weight is 358 g/mol. The highest BCUT2D eigenvalue weighted by Gasteiger charge is 1.97. The molecule has 0 saturated carbocycles. The molecule has 4 rings (SSSR count). The fraction of sp³-hybridized carbons (Fsp3) is 0.0370. The summed E-state index contributed by atoms with van der Waals surface area (Å²) in [5.41, 5.74) is 3.96. The molecule has 0 aliphatic heterocycles. The summed E-state index contributed by atoms with van der Waals surface area (Å²) in [6, 6.07) is 30.3. The highest BCUT2D eigenvalue weighted by atomic mass is 16.5. The molecule has 0 aromatic heterocycles. The van der Waals surface area contributed by atoms with Crippen LogP contribution < -0.4 is 4.74 Å². The van der Waals surface area contributed by atoms with Crippen LogP contribution in [0.5, 0.6) is 5.75 Å². The van der Waals surface area contributed by atoms with Crippen molar-refractivity contribution in [1.82, 2.24) is 0 Å². The fourth-order valence-electron chi connectivity index (χ4n) is 2.89. The summed E-state index contributed by atoms with van der Waals surface area (Å²) in [5, 5.41) is 2.32. The molecule has 1 heteroatoms. The maximum atomic E-state index is 5.18. The van der Waals surface area contributed by atoms with Crippen LogP contribution in [0.2, 0.25) is 0 Å². The minimum atomic E-state index is 0.834. The zero-order valence-electron chi connectivity index (χ0n) is 15.6. The van der Waals surface area contributed by atoms with Gasteiger partial charge >= 0.3 is 0 Å². The van der Waals surface area contributed by atoms with Crippen molar-refractivity contribution in [2.75, 3.05) is 7.11 Å². The summed E-state index contributed by atoms with van der Waals surface area (Å²) in [6.45, 7) is 0. The molecule has 1 nitrogen and oxygen atoms in total. The maximum Gasteiger partial charge on any atom is 0.118 e. The number of methoxy groups -OCH3 is 1. The summed E-state index contributed by atoms with van der Waals surface area (Å²) < 4.78 is 5.18. The molecule has 0 N–H and O–H groups in total. The van der Waals surface area contributed by atoms with Crippen molar-refractivity contribution >= 4 is 10.8 Å². The lowest BCUT2D eigenvalue weighted by Gasteiger charge is -2.00. The van der Waals surface area contributed by atoms with E-state index in [9.17, 15) is 0 Å². The minimum Gasteiger partial charge on any atom is -0.497 e. The van der Waals surface area contributed by atoms with Crippen LogP contribution in [0.25, 0.3) is 10.8 Å². The molecule has 0 heterocycles. The third kappa shape index (κ3) is 4.24. The normalized spacial score (nSPS) is 9.75. The molecule has 0 saturated heterocycles. The maximum absolute atomic E-state index is 5.18. The fourth-order valence-corrected chi connectivity index (χ4v) is 2.89. The molecule has 0 aliphatic rings. The highest BCUT2D eigenvalue weighted by Crippen LogP contribution is 2.18. The van der Waals surface area contributed by atoms with E-state index in [4.69, 9.17) is 4.74 Å².